The number of carbonyl (C=O) groups excluding carboxylic acids is 1. The van der Waals surface area contributed by atoms with Crippen molar-refractivity contribution in [2.24, 2.45) is 0 Å². The monoisotopic (exact) mass is 333 g/mol. The van der Waals surface area contributed by atoms with Gasteiger partial charge >= 0.3 is 0 Å². The van der Waals surface area contributed by atoms with Crippen LogP contribution in [0.4, 0.5) is 0 Å². The predicted molar refractivity (Wildman–Crippen MR) is 84.5 cm³/mol. The van der Waals surface area contributed by atoms with Crippen LogP contribution in [0.15, 0.2) is 36.7 Å². The molecular weight excluding hydrogens is 318 g/mol. The molecule has 1 amide bonds. The molecule has 3 heterocycles. The van der Waals surface area contributed by atoms with Gasteiger partial charge in [0.05, 0.1) is 31.0 Å². The van der Waals surface area contributed by atoms with E-state index in [1.54, 1.807) is 12.3 Å². The van der Waals surface area contributed by atoms with Gasteiger partial charge in [0, 0.05) is 18.8 Å². The molecule has 1 unspecified atom stereocenters. The van der Waals surface area contributed by atoms with E-state index in [1.807, 2.05) is 18.2 Å². The third kappa shape index (κ3) is 4.18. The van der Waals surface area contributed by atoms with Crippen LogP contribution in [0.2, 0.25) is 5.02 Å². The molecule has 1 aliphatic heterocycles. The molecule has 1 atom stereocenters. The Hall–Kier alpha value is -2.18. The van der Waals surface area contributed by atoms with Crippen LogP contribution < -0.4 is 10.1 Å². The summed E-state index contributed by atoms with van der Waals surface area (Å²) in [4.78, 5) is 20.4. The summed E-state index contributed by atoms with van der Waals surface area (Å²) < 4.78 is 10.9. The van der Waals surface area contributed by atoms with Gasteiger partial charge in [-0.1, -0.05) is 17.7 Å². The summed E-state index contributed by atoms with van der Waals surface area (Å²) in [5.74, 6) is 0.0595. The Labute approximate surface area is 138 Å². The van der Waals surface area contributed by atoms with Crippen molar-refractivity contribution >= 4 is 17.5 Å². The molecule has 0 aliphatic carbocycles. The normalized spacial score (nSPS) is 17.0. The van der Waals surface area contributed by atoms with Gasteiger partial charge in [-0.05, 0) is 18.2 Å². The molecule has 0 saturated carbocycles. The van der Waals surface area contributed by atoms with Gasteiger partial charge in [-0.2, -0.15) is 0 Å². The van der Waals surface area contributed by atoms with E-state index in [-0.39, 0.29) is 12.0 Å². The van der Waals surface area contributed by atoms with Crippen LogP contribution in [0.3, 0.4) is 0 Å². The first kappa shape index (κ1) is 15.7. The highest BCUT2D eigenvalue weighted by atomic mass is 35.5. The van der Waals surface area contributed by atoms with E-state index < -0.39 is 0 Å². The number of rotatable bonds is 5. The molecule has 6 nitrogen and oxygen atoms in total. The van der Waals surface area contributed by atoms with Gasteiger partial charge in [0.1, 0.15) is 11.1 Å². The number of pyridine rings is 2. The highest BCUT2D eigenvalue weighted by molar-refractivity contribution is 6.32. The molecule has 3 rings (SSSR count). The van der Waals surface area contributed by atoms with Gasteiger partial charge < -0.3 is 14.8 Å². The Bertz CT molecular complexity index is 676. The number of amides is 1. The van der Waals surface area contributed by atoms with Gasteiger partial charge in [0.25, 0.3) is 5.91 Å². The quantitative estimate of drug-likeness (QED) is 0.908. The second kappa shape index (κ2) is 7.39. The van der Waals surface area contributed by atoms with Crippen LogP contribution in [-0.2, 0) is 11.3 Å². The van der Waals surface area contributed by atoms with Crippen molar-refractivity contribution in [3.8, 4) is 5.88 Å². The second-order valence-electron chi connectivity index (χ2n) is 5.12. The van der Waals surface area contributed by atoms with E-state index >= 15 is 0 Å². The maximum atomic E-state index is 12.1. The fourth-order valence-electron chi connectivity index (χ4n) is 2.18. The Kier molecular flexibility index (Phi) is 5.05. The smallest absolute Gasteiger partial charge is 0.253 e. The summed E-state index contributed by atoms with van der Waals surface area (Å²) in [6, 6.07) is 7.08. The highest BCUT2D eigenvalue weighted by Crippen LogP contribution is 2.25. The SMILES string of the molecule is O=C(NCc1ccccn1)c1cnc(OC2CCOC2)c(Cl)c1. The third-order valence-corrected chi connectivity index (χ3v) is 3.66. The van der Waals surface area contributed by atoms with E-state index in [4.69, 9.17) is 21.1 Å². The van der Waals surface area contributed by atoms with Gasteiger partial charge in [0.2, 0.25) is 5.88 Å². The van der Waals surface area contributed by atoms with Crippen LogP contribution in [0.25, 0.3) is 0 Å². The molecule has 0 bridgehead atoms. The molecule has 120 valence electrons. The molecule has 0 aromatic carbocycles. The van der Waals surface area contributed by atoms with E-state index in [1.165, 1.54) is 6.20 Å². The number of aromatic nitrogens is 2. The van der Waals surface area contributed by atoms with E-state index in [0.717, 1.165) is 12.1 Å². The van der Waals surface area contributed by atoms with Crippen molar-refractivity contribution < 1.29 is 14.3 Å². The van der Waals surface area contributed by atoms with Crippen LogP contribution in [0.5, 0.6) is 5.88 Å². The van der Waals surface area contributed by atoms with Gasteiger partial charge in [0.15, 0.2) is 0 Å². The average molecular weight is 334 g/mol. The molecule has 1 saturated heterocycles. The Morgan fingerprint density at radius 2 is 2.35 bits per heavy atom. The van der Waals surface area contributed by atoms with E-state index in [0.29, 0.717) is 36.2 Å². The van der Waals surface area contributed by atoms with Crippen LogP contribution >= 0.6 is 11.6 Å². The second-order valence-corrected chi connectivity index (χ2v) is 5.53. The Morgan fingerprint density at radius 1 is 1.43 bits per heavy atom. The first-order valence-electron chi connectivity index (χ1n) is 7.30. The number of hydrogen-bond donors (Lipinski definition) is 1. The molecule has 0 radical (unpaired) electrons. The lowest BCUT2D eigenvalue weighted by molar-refractivity contribution is 0.0949. The zero-order valence-electron chi connectivity index (χ0n) is 12.4. The number of nitrogens with one attached hydrogen (secondary N) is 1. The fraction of sp³-hybridized carbons (Fsp3) is 0.312. The first-order valence-corrected chi connectivity index (χ1v) is 7.68. The Balaban J connectivity index is 1.61. The minimum Gasteiger partial charge on any atom is -0.471 e. The van der Waals surface area contributed by atoms with Gasteiger partial charge in [-0.25, -0.2) is 4.98 Å². The summed E-state index contributed by atoms with van der Waals surface area (Å²) in [6.07, 6.45) is 3.90. The van der Waals surface area contributed by atoms with Gasteiger partial charge in [-0.15, -0.1) is 0 Å². The Morgan fingerprint density at radius 3 is 3.04 bits per heavy atom. The lowest BCUT2D eigenvalue weighted by Crippen LogP contribution is -2.23. The summed E-state index contributed by atoms with van der Waals surface area (Å²) in [5.41, 5.74) is 1.15. The van der Waals surface area contributed by atoms with Crippen LogP contribution in [0.1, 0.15) is 22.5 Å². The lowest BCUT2D eigenvalue weighted by atomic mass is 10.2. The predicted octanol–water partition coefficient (Wildman–Crippen LogP) is 2.23. The fourth-order valence-corrected chi connectivity index (χ4v) is 2.39. The topological polar surface area (TPSA) is 73.3 Å². The zero-order chi connectivity index (χ0) is 16.1. The van der Waals surface area contributed by atoms with E-state index in [2.05, 4.69) is 15.3 Å². The van der Waals surface area contributed by atoms with Crippen LogP contribution in [0, 0.1) is 0 Å². The maximum Gasteiger partial charge on any atom is 0.253 e. The van der Waals surface area contributed by atoms with Crippen molar-refractivity contribution in [3.63, 3.8) is 0 Å². The standard InChI is InChI=1S/C16H16ClN3O3/c17-14-7-11(8-20-16(14)23-13-4-6-22-10-13)15(21)19-9-12-3-1-2-5-18-12/h1-3,5,7-8,13H,4,6,9-10H2,(H,19,21). The number of halogens is 1. The summed E-state index contributed by atoms with van der Waals surface area (Å²) in [6.45, 7) is 1.55. The summed E-state index contributed by atoms with van der Waals surface area (Å²) in [5, 5.41) is 3.08. The number of ether oxygens (including phenoxy) is 2. The molecular formula is C16H16ClN3O3. The largest absolute Gasteiger partial charge is 0.471 e. The molecule has 2 aromatic heterocycles. The molecule has 2 aromatic rings. The summed E-state index contributed by atoms with van der Waals surface area (Å²) in [7, 11) is 0. The van der Waals surface area contributed by atoms with E-state index in [9.17, 15) is 4.79 Å². The van der Waals surface area contributed by atoms with Crippen molar-refractivity contribution in [3.05, 3.63) is 52.9 Å². The average Bonchev–Trinajstić information content (AvgIpc) is 3.08. The molecule has 1 fully saturated rings. The highest BCUT2D eigenvalue weighted by Gasteiger charge is 2.20. The zero-order valence-corrected chi connectivity index (χ0v) is 13.1. The molecule has 1 aliphatic rings. The van der Waals surface area contributed by atoms with Gasteiger partial charge in [-0.3, -0.25) is 9.78 Å². The first-order chi connectivity index (χ1) is 11.2. The molecule has 7 heteroatoms. The maximum absolute atomic E-state index is 12.1. The van der Waals surface area contributed by atoms with Crippen molar-refractivity contribution in [2.45, 2.75) is 19.1 Å². The minimum absolute atomic E-state index is 0.0381. The van der Waals surface area contributed by atoms with Crippen molar-refractivity contribution in [2.75, 3.05) is 13.2 Å². The van der Waals surface area contributed by atoms with Crippen molar-refractivity contribution in [1.29, 1.82) is 0 Å². The molecule has 1 N–H and O–H groups in total. The number of nitrogens with zero attached hydrogens (tertiary/aromatic N) is 2. The molecule has 0 spiro atoms. The van der Waals surface area contributed by atoms with Crippen molar-refractivity contribution in [1.82, 2.24) is 15.3 Å². The lowest BCUT2D eigenvalue weighted by Gasteiger charge is -2.12. The number of hydrogen-bond acceptors (Lipinski definition) is 5. The third-order valence-electron chi connectivity index (χ3n) is 3.39. The minimum atomic E-state index is -0.263. The molecule has 23 heavy (non-hydrogen) atoms. The van der Waals surface area contributed by atoms with Crippen LogP contribution in [-0.4, -0.2) is 35.2 Å². The number of carbonyl (C=O) groups is 1. The summed E-state index contributed by atoms with van der Waals surface area (Å²) >= 11 is 6.15.